The standard InChI is InChI=1S/C16H27NO4/c1-12(2)16(20)17-11-7-5-6-8-14(18)9-10-15(19)21-13(3)4/h13H,1,5-11H2,2-4H3,(H,17,20). The number of Topliss-reactive ketones (excluding diaryl/α,β-unsaturated/α-hetero) is 1. The molecule has 21 heavy (non-hydrogen) atoms. The molecule has 0 aromatic carbocycles. The van der Waals surface area contributed by atoms with Crippen LogP contribution in [0.3, 0.4) is 0 Å². The number of ketones is 1. The number of hydrogen-bond donors (Lipinski definition) is 1. The van der Waals surface area contributed by atoms with Crippen LogP contribution in [0.2, 0.25) is 0 Å². The molecule has 0 bridgehead atoms. The third kappa shape index (κ3) is 11.8. The Bertz CT molecular complexity index is 374. The number of rotatable bonds is 11. The zero-order valence-electron chi connectivity index (χ0n) is 13.4. The molecule has 0 heterocycles. The molecule has 0 radical (unpaired) electrons. The van der Waals surface area contributed by atoms with Gasteiger partial charge in [0.1, 0.15) is 5.78 Å². The van der Waals surface area contributed by atoms with Crippen LogP contribution >= 0.6 is 0 Å². The zero-order valence-corrected chi connectivity index (χ0v) is 13.4. The topological polar surface area (TPSA) is 72.5 Å². The number of ether oxygens (including phenoxy) is 1. The molecule has 5 heteroatoms. The predicted molar refractivity (Wildman–Crippen MR) is 81.8 cm³/mol. The molecule has 0 aliphatic heterocycles. The van der Waals surface area contributed by atoms with Gasteiger partial charge in [-0.25, -0.2) is 0 Å². The van der Waals surface area contributed by atoms with E-state index < -0.39 is 0 Å². The fourth-order valence-electron chi connectivity index (χ4n) is 1.67. The summed E-state index contributed by atoms with van der Waals surface area (Å²) in [5, 5.41) is 2.74. The third-order valence-corrected chi connectivity index (χ3v) is 2.78. The largest absolute Gasteiger partial charge is 0.463 e. The van der Waals surface area contributed by atoms with E-state index in [0.717, 1.165) is 19.3 Å². The molecule has 0 aromatic rings. The lowest BCUT2D eigenvalue weighted by Gasteiger charge is -2.07. The Kier molecular flexibility index (Phi) is 10.2. The van der Waals surface area contributed by atoms with E-state index in [1.807, 2.05) is 0 Å². The summed E-state index contributed by atoms with van der Waals surface area (Å²) in [7, 11) is 0. The highest BCUT2D eigenvalue weighted by Gasteiger charge is 2.09. The molecule has 1 N–H and O–H groups in total. The average Bonchev–Trinajstić information content (AvgIpc) is 2.39. The molecule has 0 aromatic heterocycles. The van der Waals surface area contributed by atoms with Gasteiger partial charge >= 0.3 is 5.97 Å². The van der Waals surface area contributed by atoms with Crippen molar-refractivity contribution in [2.24, 2.45) is 0 Å². The van der Waals surface area contributed by atoms with Crippen molar-refractivity contribution in [1.82, 2.24) is 5.32 Å². The monoisotopic (exact) mass is 297 g/mol. The molecule has 5 nitrogen and oxygen atoms in total. The van der Waals surface area contributed by atoms with Gasteiger partial charge in [-0.2, -0.15) is 0 Å². The molecule has 0 saturated heterocycles. The van der Waals surface area contributed by atoms with Gasteiger partial charge in [0, 0.05) is 25.0 Å². The molecule has 0 unspecified atom stereocenters. The number of carbonyl (C=O) groups excluding carboxylic acids is 3. The highest BCUT2D eigenvalue weighted by molar-refractivity contribution is 5.92. The first-order chi connectivity index (χ1) is 9.82. The van der Waals surface area contributed by atoms with Crippen LogP contribution < -0.4 is 5.32 Å². The summed E-state index contributed by atoms with van der Waals surface area (Å²) in [6.45, 7) is 9.38. The van der Waals surface area contributed by atoms with E-state index in [1.54, 1.807) is 20.8 Å². The molecule has 0 rings (SSSR count). The van der Waals surface area contributed by atoms with Crippen molar-refractivity contribution >= 4 is 17.7 Å². The molecule has 0 aliphatic carbocycles. The highest BCUT2D eigenvalue weighted by Crippen LogP contribution is 2.05. The summed E-state index contributed by atoms with van der Waals surface area (Å²) in [6.07, 6.45) is 3.23. The maximum absolute atomic E-state index is 11.6. The van der Waals surface area contributed by atoms with E-state index in [1.165, 1.54) is 0 Å². The number of carbonyl (C=O) groups is 3. The Hall–Kier alpha value is -1.65. The van der Waals surface area contributed by atoms with Crippen LogP contribution in [0.4, 0.5) is 0 Å². The molecule has 0 spiro atoms. The molecular weight excluding hydrogens is 270 g/mol. The number of nitrogens with one attached hydrogen (secondary N) is 1. The minimum Gasteiger partial charge on any atom is -0.463 e. The second-order valence-corrected chi connectivity index (χ2v) is 5.42. The molecule has 0 aliphatic rings. The third-order valence-electron chi connectivity index (χ3n) is 2.78. The van der Waals surface area contributed by atoms with E-state index in [0.29, 0.717) is 18.5 Å². The average molecular weight is 297 g/mol. The van der Waals surface area contributed by atoms with Crippen molar-refractivity contribution in [3.8, 4) is 0 Å². The summed E-state index contributed by atoms with van der Waals surface area (Å²) in [5.41, 5.74) is 0.499. The van der Waals surface area contributed by atoms with E-state index in [2.05, 4.69) is 11.9 Å². The molecule has 0 saturated carbocycles. The second kappa shape index (κ2) is 11.1. The van der Waals surface area contributed by atoms with Crippen molar-refractivity contribution in [3.05, 3.63) is 12.2 Å². The number of hydrogen-bond acceptors (Lipinski definition) is 4. The maximum Gasteiger partial charge on any atom is 0.306 e. The van der Waals surface area contributed by atoms with Crippen LogP contribution in [0, 0.1) is 0 Å². The van der Waals surface area contributed by atoms with E-state index in [9.17, 15) is 14.4 Å². The molecule has 0 fully saturated rings. The fourth-order valence-corrected chi connectivity index (χ4v) is 1.67. The van der Waals surface area contributed by atoms with Crippen molar-refractivity contribution in [1.29, 1.82) is 0 Å². The van der Waals surface area contributed by atoms with Gasteiger partial charge in [0.15, 0.2) is 0 Å². The van der Waals surface area contributed by atoms with Gasteiger partial charge in [0.05, 0.1) is 12.5 Å². The van der Waals surface area contributed by atoms with Gasteiger partial charge in [-0.3, -0.25) is 14.4 Å². The van der Waals surface area contributed by atoms with Crippen molar-refractivity contribution in [2.45, 2.75) is 65.4 Å². The molecule has 1 amide bonds. The zero-order chi connectivity index (χ0) is 16.3. The number of amides is 1. The minimum atomic E-state index is -0.319. The number of unbranched alkanes of at least 4 members (excludes halogenated alkanes) is 2. The van der Waals surface area contributed by atoms with Gasteiger partial charge in [-0.05, 0) is 33.6 Å². The van der Waals surface area contributed by atoms with Gasteiger partial charge in [0.2, 0.25) is 5.91 Å². The van der Waals surface area contributed by atoms with Gasteiger partial charge in [-0.15, -0.1) is 0 Å². The Morgan fingerprint density at radius 2 is 1.71 bits per heavy atom. The summed E-state index contributed by atoms with van der Waals surface area (Å²) in [6, 6.07) is 0. The maximum atomic E-state index is 11.6. The Balaban J connectivity index is 3.52. The van der Waals surface area contributed by atoms with Crippen LogP contribution in [0.5, 0.6) is 0 Å². The Morgan fingerprint density at radius 3 is 2.29 bits per heavy atom. The highest BCUT2D eigenvalue weighted by atomic mass is 16.5. The van der Waals surface area contributed by atoms with Crippen LogP contribution in [0.25, 0.3) is 0 Å². The lowest BCUT2D eigenvalue weighted by Crippen LogP contribution is -2.24. The van der Waals surface area contributed by atoms with Crippen molar-refractivity contribution < 1.29 is 19.1 Å². The smallest absolute Gasteiger partial charge is 0.306 e. The van der Waals surface area contributed by atoms with Crippen LogP contribution in [0.1, 0.15) is 59.3 Å². The fraction of sp³-hybridized carbons (Fsp3) is 0.688. The van der Waals surface area contributed by atoms with Crippen molar-refractivity contribution in [2.75, 3.05) is 6.54 Å². The first kappa shape index (κ1) is 19.4. The Labute approximate surface area is 127 Å². The summed E-state index contributed by atoms with van der Waals surface area (Å²) in [5.74, 6) is -0.364. The van der Waals surface area contributed by atoms with E-state index >= 15 is 0 Å². The van der Waals surface area contributed by atoms with Gasteiger partial charge < -0.3 is 10.1 Å². The Morgan fingerprint density at radius 1 is 1.05 bits per heavy atom. The normalized spacial score (nSPS) is 10.3. The lowest BCUT2D eigenvalue weighted by molar-refractivity contribution is -0.148. The van der Waals surface area contributed by atoms with Gasteiger partial charge in [0.25, 0.3) is 0 Å². The lowest BCUT2D eigenvalue weighted by atomic mass is 10.1. The minimum absolute atomic E-state index is 0.0849. The van der Waals surface area contributed by atoms with Crippen molar-refractivity contribution in [3.63, 3.8) is 0 Å². The molecule has 0 atom stereocenters. The predicted octanol–water partition coefficient (Wildman–Crippen LogP) is 2.54. The summed E-state index contributed by atoms with van der Waals surface area (Å²) < 4.78 is 4.96. The van der Waals surface area contributed by atoms with Crippen LogP contribution in [-0.4, -0.2) is 30.3 Å². The van der Waals surface area contributed by atoms with Gasteiger partial charge in [-0.1, -0.05) is 13.0 Å². The SMILES string of the molecule is C=C(C)C(=O)NCCCCCC(=O)CCC(=O)OC(C)C. The summed E-state index contributed by atoms with van der Waals surface area (Å²) >= 11 is 0. The van der Waals surface area contributed by atoms with E-state index in [4.69, 9.17) is 4.74 Å². The first-order valence-electron chi connectivity index (χ1n) is 7.47. The van der Waals surface area contributed by atoms with Crippen LogP contribution in [-0.2, 0) is 19.1 Å². The van der Waals surface area contributed by atoms with Crippen LogP contribution in [0.15, 0.2) is 12.2 Å². The first-order valence-corrected chi connectivity index (χ1v) is 7.47. The number of esters is 1. The molecular formula is C16H27NO4. The summed E-state index contributed by atoms with van der Waals surface area (Å²) in [4.78, 5) is 34.0. The van der Waals surface area contributed by atoms with E-state index in [-0.39, 0.29) is 36.6 Å². The molecule has 120 valence electrons. The quantitative estimate of drug-likeness (QED) is 0.361. The second-order valence-electron chi connectivity index (χ2n) is 5.42.